The highest BCUT2D eigenvalue weighted by Crippen LogP contribution is 2.33. The number of hydrogen-bond acceptors (Lipinski definition) is 4. The van der Waals surface area contributed by atoms with Gasteiger partial charge in [-0.25, -0.2) is 4.98 Å². The molecule has 0 spiro atoms. The Labute approximate surface area is 173 Å². The Bertz CT molecular complexity index is 1030. The van der Waals surface area contributed by atoms with Crippen LogP contribution in [0.3, 0.4) is 0 Å². The zero-order chi connectivity index (χ0) is 20.4. The molecule has 29 heavy (non-hydrogen) atoms. The molecule has 3 aromatic rings. The van der Waals surface area contributed by atoms with Crippen molar-refractivity contribution in [3.8, 4) is 6.07 Å². The summed E-state index contributed by atoms with van der Waals surface area (Å²) in [5.74, 6) is 0. The number of hydrogen-bond donors (Lipinski definition) is 0. The summed E-state index contributed by atoms with van der Waals surface area (Å²) >= 11 is 0. The number of ether oxygens (including phenoxy) is 1. The maximum absolute atomic E-state index is 9.25. The van der Waals surface area contributed by atoms with Gasteiger partial charge in [0.15, 0.2) is 0 Å². The van der Waals surface area contributed by atoms with Gasteiger partial charge in [0.25, 0.3) is 0 Å². The maximum atomic E-state index is 9.25. The van der Waals surface area contributed by atoms with Gasteiger partial charge in [-0.05, 0) is 37.4 Å². The van der Waals surface area contributed by atoms with Crippen molar-refractivity contribution in [2.24, 2.45) is 0 Å². The predicted octanol–water partition coefficient (Wildman–Crippen LogP) is 4.81. The summed E-state index contributed by atoms with van der Waals surface area (Å²) in [4.78, 5) is 7.02. The molecule has 1 atom stereocenters. The average Bonchev–Trinajstić information content (AvgIpc) is 3.29. The molecule has 0 bridgehead atoms. The minimum atomic E-state index is -1.08. The average molecular weight is 410 g/mol. The fourth-order valence-electron chi connectivity index (χ4n) is 4.24. The van der Waals surface area contributed by atoms with E-state index in [2.05, 4.69) is 64.3 Å². The van der Waals surface area contributed by atoms with Crippen LogP contribution >= 0.6 is 0 Å². The van der Waals surface area contributed by atoms with Crippen LogP contribution < -0.4 is 0 Å². The molecule has 0 radical (unpaired) electrons. The van der Waals surface area contributed by atoms with Gasteiger partial charge in [0.05, 0.1) is 24.3 Å². The van der Waals surface area contributed by atoms with Crippen molar-refractivity contribution in [3.05, 3.63) is 30.7 Å². The summed E-state index contributed by atoms with van der Waals surface area (Å²) in [5.41, 5.74) is 2.18. The molecule has 0 aliphatic carbocycles. The monoisotopic (exact) mass is 409 g/mol. The summed E-state index contributed by atoms with van der Waals surface area (Å²) in [6.45, 7) is 9.91. The van der Waals surface area contributed by atoms with E-state index in [1.807, 2.05) is 6.20 Å². The number of piperidine rings is 1. The Balaban J connectivity index is 1.63. The molecule has 4 rings (SSSR count). The van der Waals surface area contributed by atoms with Crippen LogP contribution in [0.5, 0.6) is 0 Å². The smallest absolute Gasteiger partial charge is 0.143 e. The molecule has 1 aliphatic heterocycles. The molecule has 7 heteroatoms. The number of rotatable bonds is 7. The standard InChI is InChI=1S/C22H31N5OSi/c1-29(2,3)15-14-28-17-26-11-8-19-21-18(16-24-22(19)26)7-12-27(21)20-6-4-5-10-25(20)13-9-23/h7-8,11-12,16,20H,4-6,10,13-15,17H2,1-3H3. The lowest BCUT2D eigenvalue weighted by atomic mass is 10.1. The van der Waals surface area contributed by atoms with Crippen LogP contribution in [0.4, 0.5) is 0 Å². The Kier molecular flexibility index (Phi) is 5.77. The molecule has 4 heterocycles. The molecule has 0 N–H and O–H groups in total. The number of aromatic nitrogens is 3. The zero-order valence-electron chi connectivity index (χ0n) is 17.8. The third-order valence-electron chi connectivity index (χ3n) is 5.86. The van der Waals surface area contributed by atoms with Crippen molar-refractivity contribution in [1.29, 1.82) is 5.26 Å². The van der Waals surface area contributed by atoms with Gasteiger partial charge in [-0.15, -0.1) is 0 Å². The van der Waals surface area contributed by atoms with Crippen LogP contribution in [0.15, 0.2) is 30.7 Å². The van der Waals surface area contributed by atoms with Gasteiger partial charge >= 0.3 is 0 Å². The number of fused-ring (bicyclic) bond motifs is 3. The van der Waals surface area contributed by atoms with E-state index in [1.165, 1.54) is 24.4 Å². The summed E-state index contributed by atoms with van der Waals surface area (Å²) in [5, 5.41) is 11.6. The van der Waals surface area contributed by atoms with Gasteiger partial charge in [0.1, 0.15) is 12.4 Å². The van der Waals surface area contributed by atoms with Crippen molar-refractivity contribution in [3.63, 3.8) is 0 Å². The fourth-order valence-corrected chi connectivity index (χ4v) is 5.00. The number of nitrogens with zero attached hydrogens (tertiary/aromatic N) is 5. The van der Waals surface area contributed by atoms with Gasteiger partial charge in [0.2, 0.25) is 0 Å². The van der Waals surface area contributed by atoms with Gasteiger partial charge in [-0.1, -0.05) is 19.6 Å². The second-order valence-electron chi connectivity index (χ2n) is 9.26. The topological polar surface area (TPSA) is 59.0 Å². The van der Waals surface area contributed by atoms with E-state index in [1.54, 1.807) is 0 Å². The lowest BCUT2D eigenvalue weighted by Crippen LogP contribution is -2.36. The molecule has 6 nitrogen and oxygen atoms in total. The normalized spacial score (nSPS) is 18.5. The third-order valence-corrected chi connectivity index (χ3v) is 7.57. The second-order valence-corrected chi connectivity index (χ2v) is 14.9. The molecular formula is C22H31N5OSi. The molecule has 154 valence electrons. The molecule has 1 saturated heterocycles. The highest BCUT2D eigenvalue weighted by molar-refractivity contribution is 6.76. The minimum Gasteiger partial charge on any atom is -0.361 e. The van der Waals surface area contributed by atoms with Gasteiger partial charge in [0, 0.05) is 50.6 Å². The van der Waals surface area contributed by atoms with Crippen LogP contribution in [0.25, 0.3) is 21.9 Å². The van der Waals surface area contributed by atoms with Gasteiger partial charge in [-0.3, -0.25) is 4.90 Å². The summed E-state index contributed by atoms with van der Waals surface area (Å²) < 4.78 is 10.4. The first-order valence-electron chi connectivity index (χ1n) is 10.6. The third kappa shape index (κ3) is 4.25. The van der Waals surface area contributed by atoms with Crippen molar-refractivity contribution >= 4 is 30.0 Å². The first kappa shape index (κ1) is 20.1. The molecular weight excluding hydrogens is 378 g/mol. The van der Waals surface area contributed by atoms with E-state index in [0.29, 0.717) is 13.3 Å². The Morgan fingerprint density at radius 3 is 2.90 bits per heavy atom. The van der Waals surface area contributed by atoms with E-state index in [9.17, 15) is 5.26 Å². The largest absolute Gasteiger partial charge is 0.361 e. The number of nitriles is 1. The highest BCUT2D eigenvalue weighted by Gasteiger charge is 2.25. The SMILES string of the molecule is C[Si](C)(C)CCOCn1ccc2c1ncc1ccn(C3CCCCN3CC#N)c12. The number of likely N-dealkylation sites (tertiary alicyclic amines) is 1. The van der Waals surface area contributed by atoms with Crippen molar-refractivity contribution in [2.75, 3.05) is 19.7 Å². The molecule has 0 saturated carbocycles. The van der Waals surface area contributed by atoms with E-state index in [0.717, 1.165) is 36.0 Å². The molecule has 1 unspecified atom stereocenters. The van der Waals surface area contributed by atoms with E-state index in [-0.39, 0.29) is 6.17 Å². The molecule has 0 amide bonds. The van der Waals surface area contributed by atoms with Crippen LogP contribution in [-0.2, 0) is 11.5 Å². The van der Waals surface area contributed by atoms with Gasteiger partial charge < -0.3 is 13.9 Å². The number of pyridine rings is 1. The highest BCUT2D eigenvalue weighted by atomic mass is 28.3. The van der Waals surface area contributed by atoms with Crippen molar-refractivity contribution in [2.45, 2.75) is 57.8 Å². The Hall–Kier alpha value is -2.14. The van der Waals surface area contributed by atoms with Crippen LogP contribution in [0.2, 0.25) is 25.7 Å². The lowest BCUT2D eigenvalue weighted by Gasteiger charge is -2.35. The minimum absolute atomic E-state index is 0.239. The zero-order valence-corrected chi connectivity index (χ0v) is 18.8. The van der Waals surface area contributed by atoms with Crippen LogP contribution in [0.1, 0.15) is 25.4 Å². The molecule has 1 fully saturated rings. The van der Waals surface area contributed by atoms with E-state index < -0.39 is 8.07 Å². The second kappa shape index (κ2) is 8.31. The predicted molar refractivity (Wildman–Crippen MR) is 119 cm³/mol. The lowest BCUT2D eigenvalue weighted by molar-refractivity contribution is 0.0899. The molecule has 0 aromatic carbocycles. The quantitative estimate of drug-likeness (QED) is 0.319. The van der Waals surface area contributed by atoms with E-state index >= 15 is 0 Å². The first-order chi connectivity index (χ1) is 14.0. The van der Waals surface area contributed by atoms with Gasteiger partial charge in [-0.2, -0.15) is 5.26 Å². The molecule has 1 aliphatic rings. The Morgan fingerprint density at radius 1 is 1.24 bits per heavy atom. The maximum Gasteiger partial charge on any atom is 0.143 e. The van der Waals surface area contributed by atoms with Crippen molar-refractivity contribution < 1.29 is 4.74 Å². The fraction of sp³-hybridized carbons (Fsp3) is 0.545. The Morgan fingerprint density at radius 2 is 2.10 bits per heavy atom. The van der Waals surface area contributed by atoms with Crippen LogP contribution in [0, 0.1) is 11.3 Å². The van der Waals surface area contributed by atoms with Crippen molar-refractivity contribution in [1.82, 2.24) is 19.0 Å². The summed E-state index contributed by atoms with van der Waals surface area (Å²) in [6.07, 6.45) is 9.89. The van der Waals surface area contributed by atoms with E-state index in [4.69, 9.17) is 9.72 Å². The first-order valence-corrected chi connectivity index (χ1v) is 14.3. The molecule has 3 aromatic heterocycles. The summed E-state index contributed by atoms with van der Waals surface area (Å²) in [6, 6.07) is 7.80. The van der Waals surface area contributed by atoms with Crippen LogP contribution in [-0.4, -0.2) is 46.8 Å². The summed E-state index contributed by atoms with van der Waals surface area (Å²) in [7, 11) is -1.08.